The molecule has 0 aliphatic carbocycles. The molecule has 1 aromatic rings. The van der Waals surface area contributed by atoms with Gasteiger partial charge in [0.2, 0.25) is 0 Å². The van der Waals surface area contributed by atoms with E-state index in [0.29, 0.717) is 0 Å². The van der Waals surface area contributed by atoms with Gasteiger partial charge in [0.15, 0.2) is 0 Å². The molecule has 0 amide bonds. The fourth-order valence-corrected chi connectivity index (χ4v) is 1.10. The van der Waals surface area contributed by atoms with Gasteiger partial charge in [0, 0.05) is 13.1 Å². The lowest BCUT2D eigenvalue weighted by molar-refractivity contribution is 0.192. The minimum atomic E-state index is 1.11. The fourth-order valence-electron chi connectivity index (χ4n) is 1.10. The maximum absolute atomic E-state index is 4.31. The van der Waals surface area contributed by atoms with Crippen molar-refractivity contribution in [1.82, 2.24) is 5.01 Å². The quantitative estimate of drug-likeness (QED) is 0.601. The number of benzene rings is 1. The van der Waals surface area contributed by atoms with Crippen molar-refractivity contribution in [2.24, 2.45) is 5.10 Å². The molecule has 0 atom stereocenters. The van der Waals surface area contributed by atoms with E-state index in [9.17, 15) is 0 Å². The maximum atomic E-state index is 4.31. The van der Waals surface area contributed by atoms with E-state index in [1.807, 2.05) is 24.4 Å². The Bertz CT molecular complexity index is 262. The zero-order chi connectivity index (χ0) is 8.23. The number of hydrogen-bond acceptors (Lipinski definition) is 2. The number of hydrogen-bond donors (Lipinski definition) is 0. The minimum absolute atomic E-state index is 1.11. The zero-order valence-electron chi connectivity index (χ0n) is 6.98. The van der Waals surface area contributed by atoms with Crippen LogP contribution in [0.15, 0.2) is 35.4 Å². The third-order valence-corrected chi connectivity index (χ3v) is 2.00. The van der Waals surface area contributed by atoms with Crippen LogP contribution in [0.2, 0.25) is 0 Å². The summed E-state index contributed by atoms with van der Waals surface area (Å²) >= 11 is 0. The summed E-state index contributed by atoms with van der Waals surface area (Å²) in [6.45, 7) is 2.23. The van der Waals surface area contributed by atoms with Crippen molar-refractivity contribution in [2.45, 2.75) is 6.42 Å². The molecule has 12 heavy (non-hydrogen) atoms. The SMILES string of the molecule is C(=NN1CCC1)c1ccccc1. The van der Waals surface area contributed by atoms with E-state index in [2.05, 4.69) is 22.2 Å². The van der Waals surface area contributed by atoms with Crippen molar-refractivity contribution in [3.8, 4) is 0 Å². The van der Waals surface area contributed by atoms with Gasteiger partial charge in [-0.05, 0) is 12.0 Å². The normalized spacial score (nSPS) is 16.5. The lowest BCUT2D eigenvalue weighted by Crippen LogP contribution is -2.32. The molecule has 62 valence electrons. The first-order chi connectivity index (χ1) is 5.95. The Morgan fingerprint density at radius 1 is 1.17 bits per heavy atom. The highest BCUT2D eigenvalue weighted by atomic mass is 15.5. The molecule has 0 bridgehead atoms. The molecular formula is C10H12N2. The molecule has 1 heterocycles. The Kier molecular flexibility index (Phi) is 2.08. The van der Waals surface area contributed by atoms with Crippen LogP contribution in [-0.2, 0) is 0 Å². The summed E-state index contributed by atoms with van der Waals surface area (Å²) in [7, 11) is 0. The number of nitrogens with zero attached hydrogens (tertiary/aromatic N) is 2. The van der Waals surface area contributed by atoms with Gasteiger partial charge in [0.25, 0.3) is 0 Å². The molecular weight excluding hydrogens is 148 g/mol. The van der Waals surface area contributed by atoms with Gasteiger partial charge in [-0.15, -0.1) is 0 Å². The Morgan fingerprint density at radius 3 is 2.50 bits per heavy atom. The van der Waals surface area contributed by atoms with Crippen LogP contribution >= 0.6 is 0 Å². The topological polar surface area (TPSA) is 15.6 Å². The Hall–Kier alpha value is -1.31. The van der Waals surface area contributed by atoms with Crippen LogP contribution in [-0.4, -0.2) is 24.3 Å². The monoisotopic (exact) mass is 160 g/mol. The Balaban J connectivity index is 1.98. The van der Waals surface area contributed by atoms with Crippen LogP contribution in [0.1, 0.15) is 12.0 Å². The highest BCUT2D eigenvalue weighted by Gasteiger charge is 2.08. The molecule has 1 saturated heterocycles. The first kappa shape index (κ1) is 7.35. The van der Waals surface area contributed by atoms with E-state index < -0.39 is 0 Å². The summed E-state index contributed by atoms with van der Waals surface area (Å²) in [5.41, 5.74) is 1.17. The van der Waals surface area contributed by atoms with Crippen molar-refractivity contribution in [2.75, 3.05) is 13.1 Å². The average Bonchev–Trinajstić information content (AvgIpc) is 2.04. The van der Waals surface area contributed by atoms with Gasteiger partial charge < -0.3 is 0 Å². The molecule has 0 spiro atoms. The van der Waals surface area contributed by atoms with Gasteiger partial charge in [0.1, 0.15) is 0 Å². The molecule has 1 aliphatic rings. The fraction of sp³-hybridized carbons (Fsp3) is 0.300. The summed E-state index contributed by atoms with van der Waals surface area (Å²) in [6, 6.07) is 10.2. The third kappa shape index (κ3) is 1.64. The molecule has 1 fully saturated rings. The number of rotatable bonds is 2. The van der Waals surface area contributed by atoms with Gasteiger partial charge in [-0.3, -0.25) is 5.01 Å². The van der Waals surface area contributed by atoms with Crippen molar-refractivity contribution < 1.29 is 0 Å². The van der Waals surface area contributed by atoms with Crippen molar-refractivity contribution in [1.29, 1.82) is 0 Å². The summed E-state index contributed by atoms with van der Waals surface area (Å²) < 4.78 is 0. The van der Waals surface area contributed by atoms with Gasteiger partial charge >= 0.3 is 0 Å². The lowest BCUT2D eigenvalue weighted by Gasteiger charge is -2.27. The zero-order valence-corrected chi connectivity index (χ0v) is 6.98. The van der Waals surface area contributed by atoms with Gasteiger partial charge in [0.05, 0.1) is 6.21 Å². The van der Waals surface area contributed by atoms with Gasteiger partial charge in [-0.2, -0.15) is 5.10 Å². The van der Waals surface area contributed by atoms with Crippen LogP contribution in [0, 0.1) is 0 Å². The molecule has 0 saturated carbocycles. The summed E-state index contributed by atoms with van der Waals surface area (Å²) in [5, 5.41) is 6.38. The second-order valence-electron chi connectivity index (χ2n) is 2.96. The van der Waals surface area contributed by atoms with E-state index in [4.69, 9.17) is 0 Å². The molecule has 2 heteroatoms. The van der Waals surface area contributed by atoms with Crippen LogP contribution in [0.3, 0.4) is 0 Å². The second kappa shape index (κ2) is 3.39. The van der Waals surface area contributed by atoms with Crippen LogP contribution in [0.5, 0.6) is 0 Å². The first-order valence-electron chi connectivity index (χ1n) is 4.29. The highest BCUT2D eigenvalue weighted by Crippen LogP contribution is 2.05. The number of hydrazone groups is 1. The third-order valence-electron chi connectivity index (χ3n) is 2.00. The average molecular weight is 160 g/mol. The molecule has 0 N–H and O–H groups in total. The summed E-state index contributed by atoms with van der Waals surface area (Å²) in [5.74, 6) is 0. The molecule has 1 aromatic carbocycles. The van der Waals surface area contributed by atoms with Crippen LogP contribution in [0.25, 0.3) is 0 Å². The van der Waals surface area contributed by atoms with Crippen molar-refractivity contribution >= 4 is 6.21 Å². The molecule has 2 rings (SSSR count). The maximum Gasteiger partial charge on any atom is 0.0542 e. The molecule has 1 aliphatic heterocycles. The van der Waals surface area contributed by atoms with E-state index in [1.165, 1.54) is 12.0 Å². The van der Waals surface area contributed by atoms with E-state index in [0.717, 1.165) is 13.1 Å². The van der Waals surface area contributed by atoms with E-state index in [1.54, 1.807) is 0 Å². The first-order valence-corrected chi connectivity index (χ1v) is 4.29. The minimum Gasteiger partial charge on any atom is -0.297 e. The van der Waals surface area contributed by atoms with Gasteiger partial charge in [-0.1, -0.05) is 30.3 Å². The predicted octanol–water partition coefficient (Wildman–Crippen LogP) is 1.73. The van der Waals surface area contributed by atoms with Crippen LogP contribution < -0.4 is 0 Å². The summed E-state index contributed by atoms with van der Waals surface area (Å²) in [6.07, 6.45) is 3.20. The smallest absolute Gasteiger partial charge is 0.0542 e. The van der Waals surface area contributed by atoms with Crippen molar-refractivity contribution in [3.63, 3.8) is 0 Å². The van der Waals surface area contributed by atoms with Gasteiger partial charge in [-0.25, -0.2) is 0 Å². The predicted molar refractivity (Wildman–Crippen MR) is 50.2 cm³/mol. The lowest BCUT2D eigenvalue weighted by atomic mass is 10.2. The molecule has 0 unspecified atom stereocenters. The highest BCUT2D eigenvalue weighted by molar-refractivity contribution is 5.79. The summed E-state index contributed by atoms with van der Waals surface area (Å²) in [4.78, 5) is 0. The molecule has 0 aromatic heterocycles. The van der Waals surface area contributed by atoms with E-state index >= 15 is 0 Å². The Morgan fingerprint density at radius 2 is 1.92 bits per heavy atom. The van der Waals surface area contributed by atoms with Crippen molar-refractivity contribution in [3.05, 3.63) is 35.9 Å². The Labute approximate surface area is 72.5 Å². The van der Waals surface area contributed by atoms with Crippen LogP contribution in [0.4, 0.5) is 0 Å². The van der Waals surface area contributed by atoms with E-state index in [-0.39, 0.29) is 0 Å². The standard InChI is InChI=1S/C10H12N2/c1-2-5-10(6-3-1)9-11-12-7-4-8-12/h1-3,5-6,9H,4,7-8H2. The molecule has 2 nitrogen and oxygen atoms in total. The molecule has 0 radical (unpaired) electrons. The second-order valence-corrected chi connectivity index (χ2v) is 2.96. The largest absolute Gasteiger partial charge is 0.297 e.